The number of nitrogens with one attached hydrogen (secondary N) is 2. The number of hydrogen-bond acceptors (Lipinski definition) is 4. The molecule has 13 heteroatoms. The van der Waals surface area contributed by atoms with Crippen molar-refractivity contribution in [3.8, 4) is 0 Å². The van der Waals surface area contributed by atoms with Gasteiger partial charge in [0, 0.05) is 33.9 Å². The second kappa shape index (κ2) is 16.8. The number of hydrogen-bond donors (Lipinski definition) is 2. The van der Waals surface area contributed by atoms with E-state index in [1.165, 1.54) is 12.3 Å². The number of carbonyl (C=O) groups is 1. The van der Waals surface area contributed by atoms with Gasteiger partial charge in [0.1, 0.15) is 10.3 Å². The van der Waals surface area contributed by atoms with Crippen molar-refractivity contribution in [3.05, 3.63) is 58.1 Å². The molecule has 0 aliphatic heterocycles. The molecule has 5 nitrogen and oxygen atoms in total. The molecule has 0 spiro atoms. The predicted octanol–water partition coefficient (Wildman–Crippen LogP) is 0.442. The molecule has 0 bridgehead atoms. The first-order valence-corrected chi connectivity index (χ1v) is 8.29. The number of carbonyl (C=O) groups excluding carboxylic acids is 1. The van der Waals surface area contributed by atoms with E-state index >= 15 is 0 Å². The minimum absolute atomic E-state index is 0. The molecule has 153 valence electrons. The van der Waals surface area contributed by atoms with Crippen molar-refractivity contribution < 1.29 is 53.3 Å². The number of amides is 1. The van der Waals surface area contributed by atoms with E-state index in [0.29, 0.717) is 22.4 Å². The van der Waals surface area contributed by atoms with Crippen LogP contribution in [-0.2, 0) is 17.9 Å². The Morgan fingerprint density at radius 3 is 1.83 bits per heavy atom. The Balaban J connectivity index is -0.000000443. The SMILES string of the molecule is FC(F)CNCc1ccc(Cl)nc1.O=C(NCc1ccc(Cl)nc1)C(F)F.[B].[H-].[Na+]. The van der Waals surface area contributed by atoms with Gasteiger partial charge in [-0.3, -0.25) is 4.79 Å². The van der Waals surface area contributed by atoms with E-state index in [9.17, 15) is 22.4 Å². The minimum Gasteiger partial charge on any atom is -1.00 e. The number of nitrogens with zero attached hydrogens (tertiary/aromatic N) is 2. The van der Waals surface area contributed by atoms with Crippen molar-refractivity contribution in [2.45, 2.75) is 25.9 Å². The maximum atomic E-state index is 11.7. The molecule has 3 radical (unpaired) electrons. The third-order valence-electron chi connectivity index (χ3n) is 2.87. The second-order valence-corrected chi connectivity index (χ2v) is 5.79. The summed E-state index contributed by atoms with van der Waals surface area (Å²) in [5.41, 5.74) is 1.45. The number of pyridine rings is 2. The molecule has 2 rings (SSSR count). The van der Waals surface area contributed by atoms with Gasteiger partial charge >= 0.3 is 36.0 Å². The number of rotatable bonds is 7. The van der Waals surface area contributed by atoms with Gasteiger partial charge in [0.15, 0.2) is 0 Å². The summed E-state index contributed by atoms with van der Waals surface area (Å²) in [5, 5.41) is 5.35. The molecule has 0 aliphatic carbocycles. The average Bonchev–Trinajstić information content (AvgIpc) is 2.63. The molecule has 2 N–H and O–H groups in total. The van der Waals surface area contributed by atoms with Crippen molar-refractivity contribution in [1.29, 1.82) is 0 Å². The predicted molar refractivity (Wildman–Crippen MR) is 101 cm³/mol. The fraction of sp³-hybridized carbons (Fsp3) is 0.312. The molecule has 0 aliphatic rings. The van der Waals surface area contributed by atoms with Gasteiger partial charge < -0.3 is 12.1 Å². The molecule has 0 unspecified atom stereocenters. The van der Waals surface area contributed by atoms with Crippen LogP contribution in [0.4, 0.5) is 17.6 Å². The van der Waals surface area contributed by atoms with Crippen molar-refractivity contribution in [3.63, 3.8) is 0 Å². The molecule has 0 fully saturated rings. The maximum absolute atomic E-state index is 11.7. The van der Waals surface area contributed by atoms with Crippen molar-refractivity contribution in [1.82, 2.24) is 20.6 Å². The normalized spacial score (nSPS) is 9.79. The number of aromatic nitrogens is 2. The standard InChI is InChI=1S/C8H7ClF2N2O.C8H9ClF2N2.B.Na.H/c9-6-2-1-5(3-12-6)4-13-8(14)7(10)11;9-7-2-1-6(4-13-7)3-12-5-8(10)11;;;/h1-3,7H,4H2,(H,13,14);1-2,4,8,12H,3,5H2;;;/q;;;+1;-1. The molecule has 2 aromatic heterocycles. The summed E-state index contributed by atoms with van der Waals surface area (Å²) in [6.07, 6.45) is -2.34. The van der Waals surface area contributed by atoms with E-state index < -0.39 is 18.8 Å². The maximum Gasteiger partial charge on any atom is 1.00 e. The fourth-order valence-electron chi connectivity index (χ4n) is 1.61. The Labute approximate surface area is 201 Å². The zero-order valence-corrected chi connectivity index (χ0v) is 18.9. The topological polar surface area (TPSA) is 66.9 Å². The molecule has 0 aromatic carbocycles. The van der Waals surface area contributed by atoms with E-state index in [0.717, 1.165) is 5.56 Å². The van der Waals surface area contributed by atoms with Crippen LogP contribution in [0.5, 0.6) is 0 Å². The quantitative estimate of drug-likeness (QED) is 0.357. The third kappa shape index (κ3) is 14.7. The summed E-state index contributed by atoms with van der Waals surface area (Å²) >= 11 is 11.1. The molecule has 0 saturated heterocycles. The Morgan fingerprint density at radius 1 is 0.966 bits per heavy atom. The molecule has 2 heterocycles. The first-order valence-electron chi connectivity index (χ1n) is 7.53. The van der Waals surface area contributed by atoms with Gasteiger partial charge in [-0.1, -0.05) is 35.3 Å². The molecule has 2 aromatic rings. The van der Waals surface area contributed by atoms with Crippen LogP contribution in [0.3, 0.4) is 0 Å². The van der Waals surface area contributed by atoms with E-state index in [1.807, 2.05) is 5.32 Å². The van der Waals surface area contributed by atoms with E-state index in [1.54, 1.807) is 24.4 Å². The van der Waals surface area contributed by atoms with Crippen LogP contribution in [0, 0.1) is 0 Å². The Bertz CT molecular complexity index is 707. The number of alkyl halides is 4. The fourth-order valence-corrected chi connectivity index (χ4v) is 1.84. The summed E-state index contributed by atoms with van der Waals surface area (Å²) < 4.78 is 46.9. The van der Waals surface area contributed by atoms with Gasteiger partial charge in [-0.2, -0.15) is 8.78 Å². The monoisotopic (exact) mass is 461 g/mol. The molecule has 0 saturated carbocycles. The Morgan fingerprint density at radius 2 is 1.45 bits per heavy atom. The summed E-state index contributed by atoms with van der Waals surface area (Å²) in [6.45, 7) is 0.102. The average molecular weight is 462 g/mol. The molecule has 1 amide bonds. The van der Waals surface area contributed by atoms with Gasteiger partial charge in [-0.15, -0.1) is 0 Å². The third-order valence-corrected chi connectivity index (χ3v) is 3.32. The zero-order valence-electron chi connectivity index (χ0n) is 16.4. The van der Waals surface area contributed by atoms with Crippen LogP contribution < -0.4 is 40.2 Å². The Hall–Kier alpha value is -0.905. The van der Waals surface area contributed by atoms with Gasteiger partial charge in [-0.25, -0.2) is 18.7 Å². The van der Waals surface area contributed by atoms with E-state index in [4.69, 9.17) is 23.2 Å². The van der Waals surface area contributed by atoms with Gasteiger partial charge in [0.2, 0.25) is 0 Å². The molecular formula is C16H17BCl2F4N4NaO. The summed E-state index contributed by atoms with van der Waals surface area (Å²) in [6, 6.07) is 6.49. The summed E-state index contributed by atoms with van der Waals surface area (Å²) in [5.74, 6) is -1.29. The van der Waals surface area contributed by atoms with Gasteiger partial charge in [0.25, 0.3) is 12.3 Å². The van der Waals surface area contributed by atoms with Crippen LogP contribution in [0.1, 0.15) is 12.6 Å². The van der Waals surface area contributed by atoms with Crippen LogP contribution >= 0.6 is 23.2 Å². The largest absolute Gasteiger partial charge is 1.00 e. The van der Waals surface area contributed by atoms with Gasteiger partial charge in [0.05, 0.1) is 6.54 Å². The molecule has 0 atom stereocenters. The van der Waals surface area contributed by atoms with Crippen molar-refractivity contribution in [2.24, 2.45) is 0 Å². The van der Waals surface area contributed by atoms with E-state index in [2.05, 4.69) is 15.3 Å². The summed E-state index contributed by atoms with van der Waals surface area (Å²) in [4.78, 5) is 18.0. The van der Waals surface area contributed by atoms with Crippen molar-refractivity contribution in [2.75, 3.05) is 6.54 Å². The van der Waals surface area contributed by atoms with Crippen molar-refractivity contribution >= 4 is 37.5 Å². The first kappa shape index (κ1) is 30.3. The minimum atomic E-state index is -2.99. The first-order chi connectivity index (χ1) is 12.8. The molecular weight excluding hydrogens is 445 g/mol. The molecule has 29 heavy (non-hydrogen) atoms. The second-order valence-electron chi connectivity index (χ2n) is 5.02. The summed E-state index contributed by atoms with van der Waals surface area (Å²) in [7, 11) is 0. The van der Waals surface area contributed by atoms with Gasteiger partial charge in [-0.05, 0) is 23.3 Å². The van der Waals surface area contributed by atoms with Crippen LogP contribution in [0.15, 0.2) is 36.7 Å². The number of halogens is 6. The van der Waals surface area contributed by atoms with Crippen LogP contribution in [0.25, 0.3) is 0 Å². The zero-order chi connectivity index (χ0) is 20.2. The van der Waals surface area contributed by atoms with E-state index in [-0.39, 0.29) is 52.5 Å². The Kier molecular flexibility index (Phi) is 17.6. The smallest absolute Gasteiger partial charge is 1.00 e. The van der Waals surface area contributed by atoms with Crippen LogP contribution in [-0.4, -0.2) is 43.7 Å². The van der Waals surface area contributed by atoms with Crippen LogP contribution in [0.2, 0.25) is 10.3 Å².